The molecule has 0 saturated carbocycles. The van der Waals surface area contributed by atoms with Crippen LogP contribution in [0.5, 0.6) is 0 Å². The summed E-state index contributed by atoms with van der Waals surface area (Å²) in [7, 11) is 0.840. The Morgan fingerprint density at radius 1 is 0.512 bits per heavy atom. The average molecular weight is 584 g/mol. The van der Waals surface area contributed by atoms with Crippen LogP contribution in [0.3, 0.4) is 0 Å². The molecule has 1 heterocycles. The molecular weight excluding hydrogens is 513 g/mol. The molecule has 236 valence electrons. The molecule has 0 bridgehead atoms. The summed E-state index contributed by atoms with van der Waals surface area (Å²) in [6.07, 6.45) is 49.5. The number of rotatable bonds is 30. The lowest BCUT2D eigenvalue weighted by Crippen LogP contribution is -1.86. The first-order valence-corrected chi connectivity index (χ1v) is 19.8. The highest BCUT2D eigenvalue weighted by Gasteiger charge is 2.13. The molecule has 1 aliphatic carbocycles. The van der Waals surface area contributed by atoms with Gasteiger partial charge in [-0.2, -0.15) is 0 Å². The summed E-state index contributed by atoms with van der Waals surface area (Å²) in [5.74, 6) is 0. The molecule has 2 heteroatoms. The molecule has 0 aromatic carbocycles. The second kappa shape index (κ2) is 26.8. The number of aryl methyl sites for hydroxylation is 1. The summed E-state index contributed by atoms with van der Waals surface area (Å²) in [5, 5.41) is 1.55. The highest BCUT2D eigenvalue weighted by molar-refractivity contribution is 7.32. The first-order valence-electron chi connectivity index (χ1n) is 18.8. The third-order valence-corrected chi connectivity index (χ3v) is 10.7. The van der Waals surface area contributed by atoms with Crippen molar-refractivity contribution in [2.24, 2.45) is 0 Å². The molecule has 0 fully saturated rings. The van der Waals surface area contributed by atoms with Crippen molar-refractivity contribution in [3.05, 3.63) is 34.6 Å². The van der Waals surface area contributed by atoms with Gasteiger partial charge in [0.2, 0.25) is 0 Å². The van der Waals surface area contributed by atoms with E-state index < -0.39 is 0 Å². The van der Waals surface area contributed by atoms with Gasteiger partial charge in [0, 0.05) is 11.5 Å². The minimum Gasteiger partial charge on any atom is -0.256 e. The molecule has 1 aromatic rings. The summed E-state index contributed by atoms with van der Waals surface area (Å²) in [4.78, 5) is 4.85. The van der Waals surface area contributed by atoms with E-state index in [1.165, 1.54) is 192 Å². The van der Waals surface area contributed by atoms with Gasteiger partial charge < -0.3 is 0 Å². The fourth-order valence-electron chi connectivity index (χ4n) is 6.53. The van der Waals surface area contributed by atoms with E-state index in [1.54, 1.807) is 16.4 Å². The molecule has 0 spiro atoms. The van der Waals surface area contributed by atoms with Crippen LogP contribution in [0.2, 0.25) is 0 Å². The fourth-order valence-corrected chi connectivity index (χ4v) is 7.82. The van der Waals surface area contributed by atoms with E-state index in [1.807, 2.05) is 0 Å². The summed E-state index contributed by atoms with van der Waals surface area (Å²) < 4.78 is 0. The molecule has 0 saturated heterocycles. The van der Waals surface area contributed by atoms with Gasteiger partial charge in [-0.05, 0) is 43.3 Å². The normalized spacial score (nSPS) is 13.4. The number of hydrogen-bond donors (Lipinski definition) is 0. The molecule has 1 aromatic heterocycles. The van der Waals surface area contributed by atoms with Gasteiger partial charge in [0.05, 0.1) is 5.43 Å². The summed E-state index contributed by atoms with van der Waals surface area (Å²) in [6.45, 7) is 4.61. The Balaban J connectivity index is 1.41. The molecule has 1 unspecified atom stereocenters. The standard InChI is InChI=1S/C39H70NP/c1-3-5-7-9-11-13-14-15-16-17-18-19-20-21-22-23-24-26-28-31-36-32-30-33-37(36)38-35-40-39(41-38)34-29-27-25-12-10-8-6-4-2/h30,32,35,41H,3-29,31,33-34H2,1-2H3. The largest absolute Gasteiger partial charge is 0.256 e. The Labute approximate surface area is 259 Å². The fraction of sp³-hybridized carbons (Fsp3) is 0.821. The Kier molecular flexibility index (Phi) is 23.8. The third-order valence-electron chi connectivity index (χ3n) is 9.30. The second-order valence-electron chi connectivity index (χ2n) is 13.2. The molecule has 1 aliphatic rings. The lowest BCUT2D eigenvalue weighted by atomic mass is 10.0. The van der Waals surface area contributed by atoms with Crippen LogP contribution in [-0.2, 0) is 6.42 Å². The second-order valence-corrected chi connectivity index (χ2v) is 14.6. The van der Waals surface area contributed by atoms with Crippen LogP contribution in [-0.4, -0.2) is 4.98 Å². The summed E-state index contributed by atoms with van der Waals surface area (Å²) in [6, 6.07) is 0. The molecular formula is C39H70NP. The zero-order chi connectivity index (χ0) is 29.1. The lowest BCUT2D eigenvalue weighted by molar-refractivity contribution is 0.523. The number of nitrogens with zero attached hydrogens (tertiary/aromatic N) is 1. The van der Waals surface area contributed by atoms with Gasteiger partial charge in [0.1, 0.15) is 0 Å². The number of aromatic nitrogens is 1. The van der Waals surface area contributed by atoms with Crippen molar-refractivity contribution in [3.8, 4) is 0 Å². The molecule has 2 rings (SSSR count). The van der Waals surface area contributed by atoms with E-state index in [0.29, 0.717) is 0 Å². The van der Waals surface area contributed by atoms with Gasteiger partial charge >= 0.3 is 0 Å². The van der Waals surface area contributed by atoms with Crippen LogP contribution in [0.1, 0.15) is 211 Å². The van der Waals surface area contributed by atoms with Crippen molar-refractivity contribution in [1.29, 1.82) is 0 Å². The van der Waals surface area contributed by atoms with E-state index in [-0.39, 0.29) is 0 Å². The van der Waals surface area contributed by atoms with Gasteiger partial charge in [-0.1, -0.05) is 187 Å². The smallest absolute Gasteiger partial charge is 0.0568 e. The molecule has 1 nitrogen and oxygen atoms in total. The number of hydrogen-bond acceptors (Lipinski definition) is 1. The number of allylic oxidation sites excluding steroid dienone is 4. The minimum absolute atomic E-state index is 0.840. The predicted octanol–water partition coefficient (Wildman–Crippen LogP) is 14.3. The predicted molar refractivity (Wildman–Crippen MR) is 189 cm³/mol. The average Bonchev–Trinajstić information content (AvgIpc) is 3.65. The number of unbranched alkanes of at least 4 members (excludes halogenated alkanes) is 25. The maximum Gasteiger partial charge on any atom is 0.0568 e. The molecule has 1 atom stereocenters. The van der Waals surface area contributed by atoms with Crippen molar-refractivity contribution >= 4 is 13.8 Å². The van der Waals surface area contributed by atoms with E-state index in [2.05, 4.69) is 32.2 Å². The van der Waals surface area contributed by atoms with E-state index >= 15 is 0 Å². The topological polar surface area (TPSA) is 12.9 Å². The maximum absolute atomic E-state index is 4.85. The van der Waals surface area contributed by atoms with E-state index in [0.717, 1.165) is 14.6 Å². The summed E-state index contributed by atoms with van der Waals surface area (Å²) >= 11 is 0. The quantitative estimate of drug-likeness (QED) is 0.0821. The Bertz CT molecular complexity index is 772. The maximum atomic E-state index is 4.85. The highest BCUT2D eigenvalue weighted by Crippen LogP contribution is 2.37. The van der Waals surface area contributed by atoms with Gasteiger partial charge in [0.25, 0.3) is 0 Å². The van der Waals surface area contributed by atoms with Crippen molar-refractivity contribution in [2.45, 2.75) is 206 Å². The monoisotopic (exact) mass is 584 g/mol. The van der Waals surface area contributed by atoms with E-state index in [4.69, 9.17) is 4.98 Å². The van der Waals surface area contributed by atoms with Crippen LogP contribution in [0.15, 0.2) is 23.9 Å². The molecule has 0 aliphatic heterocycles. The molecule has 0 N–H and O–H groups in total. The van der Waals surface area contributed by atoms with Crippen molar-refractivity contribution in [2.75, 3.05) is 0 Å². The van der Waals surface area contributed by atoms with Crippen LogP contribution in [0, 0.1) is 0 Å². The van der Waals surface area contributed by atoms with Gasteiger partial charge in [-0.25, -0.2) is 0 Å². The molecule has 0 radical (unpaired) electrons. The van der Waals surface area contributed by atoms with Crippen molar-refractivity contribution in [1.82, 2.24) is 4.98 Å². The zero-order valence-electron chi connectivity index (χ0n) is 27.9. The first-order chi connectivity index (χ1) is 20.3. The lowest BCUT2D eigenvalue weighted by Gasteiger charge is -2.06. The summed E-state index contributed by atoms with van der Waals surface area (Å²) in [5.41, 5.74) is 4.72. The third kappa shape index (κ3) is 19.2. The van der Waals surface area contributed by atoms with Gasteiger partial charge in [-0.3, -0.25) is 4.98 Å². The molecule has 41 heavy (non-hydrogen) atoms. The SMILES string of the molecule is CCCCCCCCCCCCCCCCCCCCCC1=C(c2cnc(CCCCCCCCCC)[pH]2)CC=C1. The van der Waals surface area contributed by atoms with Gasteiger partial charge in [0.15, 0.2) is 0 Å². The van der Waals surface area contributed by atoms with Crippen LogP contribution in [0.25, 0.3) is 5.57 Å². The first kappa shape index (κ1) is 36.4. The van der Waals surface area contributed by atoms with E-state index in [9.17, 15) is 0 Å². The Morgan fingerprint density at radius 3 is 1.34 bits per heavy atom. The van der Waals surface area contributed by atoms with Crippen LogP contribution >= 0.6 is 8.19 Å². The van der Waals surface area contributed by atoms with Gasteiger partial charge in [-0.15, -0.1) is 8.19 Å². The minimum atomic E-state index is 0.840. The van der Waals surface area contributed by atoms with Crippen molar-refractivity contribution < 1.29 is 0 Å². The van der Waals surface area contributed by atoms with Crippen LogP contribution in [0.4, 0.5) is 0 Å². The Morgan fingerprint density at radius 2 is 0.902 bits per heavy atom. The zero-order valence-corrected chi connectivity index (χ0v) is 28.9. The van der Waals surface area contributed by atoms with Crippen LogP contribution < -0.4 is 0 Å². The molecule has 0 amide bonds. The Hall–Kier alpha value is -0.810. The highest BCUT2D eigenvalue weighted by atomic mass is 31.0. The van der Waals surface area contributed by atoms with Crippen molar-refractivity contribution in [3.63, 3.8) is 0 Å².